The summed E-state index contributed by atoms with van der Waals surface area (Å²) in [5, 5.41) is 0. The first-order valence-electron chi connectivity index (χ1n) is 7.79. The molecular weight excluding hydrogens is 300 g/mol. The Morgan fingerprint density at radius 3 is 2.00 bits per heavy atom. The van der Waals surface area contributed by atoms with Crippen LogP contribution in [0, 0.1) is 0 Å². The van der Waals surface area contributed by atoms with Crippen LogP contribution in [0.2, 0.25) is 0 Å². The molecule has 0 saturated carbocycles. The van der Waals surface area contributed by atoms with E-state index in [9.17, 15) is 4.79 Å². The molecule has 0 aliphatic rings. The molecule has 0 amide bonds. The molecule has 0 aromatic heterocycles. The van der Waals surface area contributed by atoms with Gasteiger partial charge in [-0.3, -0.25) is 0 Å². The van der Waals surface area contributed by atoms with E-state index < -0.39 is 0 Å². The Morgan fingerprint density at radius 1 is 0.708 bits per heavy atom. The molecule has 0 N–H and O–H groups in total. The summed E-state index contributed by atoms with van der Waals surface area (Å²) in [4.78, 5) is 12.2. The maximum Gasteiger partial charge on any atom is 0.338 e. The Morgan fingerprint density at radius 2 is 1.33 bits per heavy atom. The summed E-state index contributed by atoms with van der Waals surface area (Å²) in [6.07, 6.45) is 0. The smallest absolute Gasteiger partial charge is 0.338 e. The number of carbonyl (C=O) groups is 1. The molecule has 24 heavy (non-hydrogen) atoms. The number of carbonyl (C=O) groups excluding carboxylic acids is 1. The van der Waals surface area contributed by atoms with Gasteiger partial charge in [-0.1, -0.05) is 66.7 Å². The molecule has 0 heterocycles. The van der Waals surface area contributed by atoms with Gasteiger partial charge in [0.2, 0.25) is 0 Å². The fraction of sp³-hybridized carbons (Fsp3) is 0.0952. The molecule has 120 valence electrons. The second-order valence-corrected chi connectivity index (χ2v) is 5.36. The average Bonchev–Trinajstić information content (AvgIpc) is 2.66. The Kier molecular flexibility index (Phi) is 5.25. The Hall–Kier alpha value is -3.07. The molecule has 0 unspecified atom stereocenters. The van der Waals surface area contributed by atoms with Gasteiger partial charge in [-0.2, -0.15) is 0 Å². The highest BCUT2D eigenvalue weighted by atomic mass is 16.5. The second-order valence-electron chi connectivity index (χ2n) is 5.36. The predicted octanol–water partition coefficient (Wildman–Crippen LogP) is 4.62. The van der Waals surface area contributed by atoms with Crippen molar-refractivity contribution in [2.75, 3.05) is 0 Å². The predicted molar refractivity (Wildman–Crippen MR) is 92.8 cm³/mol. The van der Waals surface area contributed by atoms with Gasteiger partial charge in [-0.15, -0.1) is 0 Å². The summed E-state index contributed by atoms with van der Waals surface area (Å²) in [7, 11) is 0. The van der Waals surface area contributed by atoms with Gasteiger partial charge < -0.3 is 9.47 Å². The largest absolute Gasteiger partial charge is 0.489 e. The van der Waals surface area contributed by atoms with Crippen molar-refractivity contribution >= 4 is 5.97 Å². The van der Waals surface area contributed by atoms with Crippen LogP contribution in [0.3, 0.4) is 0 Å². The zero-order valence-electron chi connectivity index (χ0n) is 13.2. The van der Waals surface area contributed by atoms with Gasteiger partial charge in [0.25, 0.3) is 0 Å². The summed E-state index contributed by atoms with van der Waals surface area (Å²) < 4.78 is 11.1. The van der Waals surface area contributed by atoms with Crippen molar-refractivity contribution in [1.29, 1.82) is 0 Å². The SMILES string of the molecule is O=C(OCc1ccccc1)c1cccc(OCc2ccccc2)c1. The first kappa shape index (κ1) is 15.8. The molecule has 0 spiro atoms. The molecular formula is C21H18O3. The van der Waals surface area contributed by atoms with E-state index in [0.29, 0.717) is 17.9 Å². The van der Waals surface area contributed by atoms with Gasteiger partial charge >= 0.3 is 5.97 Å². The Labute approximate surface area is 141 Å². The normalized spacial score (nSPS) is 10.2. The number of hydrogen-bond donors (Lipinski definition) is 0. The highest BCUT2D eigenvalue weighted by Crippen LogP contribution is 2.16. The van der Waals surface area contributed by atoms with E-state index in [4.69, 9.17) is 9.47 Å². The quantitative estimate of drug-likeness (QED) is 0.622. The first-order valence-corrected chi connectivity index (χ1v) is 7.79. The molecule has 3 aromatic rings. The third-order valence-corrected chi connectivity index (χ3v) is 3.53. The van der Waals surface area contributed by atoms with Crippen LogP contribution in [0.1, 0.15) is 21.5 Å². The minimum atomic E-state index is -0.357. The molecule has 3 aromatic carbocycles. The summed E-state index contributed by atoms with van der Waals surface area (Å²) in [5.74, 6) is 0.289. The van der Waals surface area contributed by atoms with E-state index in [1.165, 1.54) is 0 Å². The van der Waals surface area contributed by atoms with Gasteiger partial charge in [0.05, 0.1) is 5.56 Å². The fourth-order valence-electron chi connectivity index (χ4n) is 2.26. The van der Waals surface area contributed by atoms with Gasteiger partial charge in [0.1, 0.15) is 19.0 Å². The zero-order valence-corrected chi connectivity index (χ0v) is 13.2. The van der Waals surface area contributed by atoms with Crippen LogP contribution in [0.15, 0.2) is 84.9 Å². The van der Waals surface area contributed by atoms with Crippen LogP contribution >= 0.6 is 0 Å². The zero-order chi connectivity index (χ0) is 16.6. The average molecular weight is 318 g/mol. The van der Waals surface area contributed by atoms with E-state index >= 15 is 0 Å². The third kappa shape index (κ3) is 4.46. The number of hydrogen-bond acceptors (Lipinski definition) is 3. The van der Waals surface area contributed by atoms with Crippen molar-refractivity contribution in [2.45, 2.75) is 13.2 Å². The number of esters is 1. The van der Waals surface area contributed by atoms with Crippen LogP contribution in [0.5, 0.6) is 5.75 Å². The summed E-state index contributed by atoms with van der Waals surface area (Å²) >= 11 is 0. The Bertz CT molecular complexity index is 782. The van der Waals surface area contributed by atoms with E-state index in [-0.39, 0.29) is 12.6 Å². The summed E-state index contributed by atoms with van der Waals surface area (Å²) in [6, 6.07) is 26.6. The lowest BCUT2D eigenvalue weighted by Crippen LogP contribution is -2.05. The van der Waals surface area contributed by atoms with Crippen molar-refractivity contribution < 1.29 is 14.3 Å². The second kappa shape index (κ2) is 7.97. The van der Waals surface area contributed by atoms with Crippen molar-refractivity contribution in [2.24, 2.45) is 0 Å². The van der Waals surface area contributed by atoms with Gasteiger partial charge in [-0.05, 0) is 29.3 Å². The summed E-state index contributed by atoms with van der Waals surface area (Å²) in [6.45, 7) is 0.720. The molecule has 0 fully saturated rings. The minimum absolute atomic E-state index is 0.259. The molecule has 0 radical (unpaired) electrons. The van der Waals surface area contributed by atoms with Crippen molar-refractivity contribution in [3.63, 3.8) is 0 Å². The highest BCUT2D eigenvalue weighted by Gasteiger charge is 2.08. The Balaban J connectivity index is 1.59. The van der Waals surface area contributed by atoms with Crippen LogP contribution < -0.4 is 4.74 Å². The van der Waals surface area contributed by atoms with Gasteiger partial charge in [0, 0.05) is 0 Å². The summed E-state index contributed by atoms with van der Waals surface area (Å²) in [5.41, 5.74) is 2.52. The van der Waals surface area contributed by atoms with E-state index in [2.05, 4.69) is 0 Å². The third-order valence-electron chi connectivity index (χ3n) is 3.53. The molecule has 3 nitrogen and oxygen atoms in total. The molecule has 0 saturated heterocycles. The highest BCUT2D eigenvalue weighted by molar-refractivity contribution is 5.89. The topological polar surface area (TPSA) is 35.5 Å². The lowest BCUT2D eigenvalue weighted by Gasteiger charge is -2.08. The molecule has 3 heteroatoms. The molecule has 3 rings (SSSR count). The lowest BCUT2D eigenvalue weighted by atomic mass is 10.2. The fourth-order valence-corrected chi connectivity index (χ4v) is 2.26. The standard InChI is InChI=1S/C21H18O3/c22-21(24-16-18-10-5-2-6-11-18)19-12-7-13-20(14-19)23-15-17-8-3-1-4-9-17/h1-14H,15-16H2. The van der Waals surface area contributed by atoms with E-state index in [1.54, 1.807) is 18.2 Å². The van der Waals surface area contributed by atoms with Crippen molar-refractivity contribution in [3.05, 3.63) is 102 Å². The van der Waals surface area contributed by atoms with Crippen LogP contribution in [0.4, 0.5) is 0 Å². The van der Waals surface area contributed by atoms with Crippen LogP contribution in [-0.2, 0) is 18.0 Å². The van der Waals surface area contributed by atoms with E-state index in [1.807, 2.05) is 66.7 Å². The molecule has 0 atom stereocenters. The lowest BCUT2D eigenvalue weighted by molar-refractivity contribution is 0.0472. The number of ether oxygens (including phenoxy) is 2. The molecule has 0 aliphatic heterocycles. The van der Waals surface area contributed by atoms with E-state index in [0.717, 1.165) is 11.1 Å². The van der Waals surface area contributed by atoms with Gasteiger partial charge in [0.15, 0.2) is 0 Å². The monoisotopic (exact) mass is 318 g/mol. The molecule has 0 aliphatic carbocycles. The first-order chi connectivity index (χ1) is 11.8. The number of rotatable bonds is 6. The van der Waals surface area contributed by atoms with Crippen molar-refractivity contribution in [3.8, 4) is 5.75 Å². The molecule has 0 bridgehead atoms. The van der Waals surface area contributed by atoms with Crippen LogP contribution in [0.25, 0.3) is 0 Å². The van der Waals surface area contributed by atoms with Crippen molar-refractivity contribution in [1.82, 2.24) is 0 Å². The van der Waals surface area contributed by atoms with Gasteiger partial charge in [-0.25, -0.2) is 4.79 Å². The minimum Gasteiger partial charge on any atom is -0.489 e. The maximum absolute atomic E-state index is 12.2. The number of benzene rings is 3. The van der Waals surface area contributed by atoms with Crippen LogP contribution in [-0.4, -0.2) is 5.97 Å². The maximum atomic E-state index is 12.2.